The highest BCUT2D eigenvalue weighted by Crippen LogP contribution is 2.16. The summed E-state index contributed by atoms with van der Waals surface area (Å²) < 4.78 is 0. The van der Waals surface area contributed by atoms with Crippen LogP contribution in [0.3, 0.4) is 0 Å². The Morgan fingerprint density at radius 2 is 1.88 bits per heavy atom. The van der Waals surface area contributed by atoms with Crippen LogP contribution in [0.5, 0.6) is 0 Å². The molecule has 3 amide bonds. The maximum absolute atomic E-state index is 12.9. The molecule has 1 aliphatic heterocycles. The van der Waals surface area contributed by atoms with Crippen molar-refractivity contribution in [3.63, 3.8) is 0 Å². The summed E-state index contributed by atoms with van der Waals surface area (Å²) in [5, 5.41) is 8.72. The van der Waals surface area contributed by atoms with Crippen LogP contribution in [0.2, 0.25) is 0 Å². The number of hydrogen-bond donors (Lipinski definition) is 3. The monoisotopic (exact) mass is 354 g/mol. The Kier molecular flexibility index (Phi) is 7.86. The summed E-state index contributed by atoms with van der Waals surface area (Å²) in [5.41, 5.74) is 0. The molecule has 1 unspecified atom stereocenters. The predicted molar refractivity (Wildman–Crippen MR) is 97.9 cm³/mol. The molecule has 1 saturated heterocycles. The molecule has 0 saturated carbocycles. The number of amides is 3. The Morgan fingerprint density at radius 1 is 1.28 bits per heavy atom. The average molecular weight is 354 g/mol. The van der Waals surface area contributed by atoms with Gasteiger partial charge in [-0.1, -0.05) is 27.7 Å². The van der Waals surface area contributed by atoms with Gasteiger partial charge in [-0.3, -0.25) is 14.4 Å². The van der Waals surface area contributed by atoms with Crippen molar-refractivity contribution < 1.29 is 14.4 Å². The number of hydrogen-bond acceptors (Lipinski definition) is 4. The Balaban J connectivity index is 2.83. The van der Waals surface area contributed by atoms with E-state index in [-0.39, 0.29) is 35.7 Å². The van der Waals surface area contributed by atoms with Crippen molar-refractivity contribution >= 4 is 17.7 Å². The van der Waals surface area contributed by atoms with Gasteiger partial charge in [-0.2, -0.15) is 0 Å². The minimum atomic E-state index is -0.649. The summed E-state index contributed by atoms with van der Waals surface area (Å²) in [5.74, 6) is -0.247. The highest BCUT2D eigenvalue weighted by atomic mass is 16.2. The Labute approximate surface area is 151 Å². The van der Waals surface area contributed by atoms with Crippen molar-refractivity contribution in [2.45, 2.75) is 71.6 Å². The van der Waals surface area contributed by atoms with Crippen molar-refractivity contribution in [1.29, 1.82) is 0 Å². The van der Waals surface area contributed by atoms with Crippen LogP contribution >= 0.6 is 0 Å². The fraction of sp³-hybridized carbons (Fsp3) is 0.833. The summed E-state index contributed by atoms with van der Waals surface area (Å²) in [7, 11) is 3.38. The van der Waals surface area contributed by atoms with Crippen LogP contribution in [0.15, 0.2) is 0 Å². The quantitative estimate of drug-likeness (QED) is 0.592. The second-order valence-electron chi connectivity index (χ2n) is 7.81. The van der Waals surface area contributed by atoms with Gasteiger partial charge in [0.05, 0.1) is 6.04 Å². The molecular weight excluding hydrogens is 320 g/mol. The molecule has 7 heteroatoms. The maximum atomic E-state index is 12.9. The molecule has 0 spiro atoms. The molecule has 1 aliphatic rings. The third-order valence-corrected chi connectivity index (χ3v) is 4.69. The van der Waals surface area contributed by atoms with Crippen molar-refractivity contribution in [1.82, 2.24) is 20.9 Å². The zero-order valence-electron chi connectivity index (χ0n) is 16.6. The van der Waals surface area contributed by atoms with Gasteiger partial charge in [-0.25, -0.2) is 0 Å². The van der Waals surface area contributed by atoms with Crippen LogP contribution in [0, 0.1) is 11.8 Å². The first kappa shape index (κ1) is 21.4. The first-order valence-electron chi connectivity index (χ1n) is 9.13. The normalized spacial score (nSPS) is 22.7. The highest BCUT2D eigenvalue weighted by Gasteiger charge is 2.38. The number of likely N-dealkylation sites (N-methyl/N-ethyl adjacent to an activating group) is 2. The molecule has 0 aliphatic carbocycles. The van der Waals surface area contributed by atoms with Gasteiger partial charge >= 0.3 is 0 Å². The molecule has 1 rings (SSSR count). The van der Waals surface area contributed by atoms with Gasteiger partial charge < -0.3 is 20.9 Å². The molecule has 0 aromatic rings. The van der Waals surface area contributed by atoms with Crippen LogP contribution in [0.1, 0.15) is 47.5 Å². The molecule has 4 atom stereocenters. The van der Waals surface area contributed by atoms with Gasteiger partial charge in [0.1, 0.15) is 12.1 Å². The van der Waals surface area contributed by atoms with E-state index in [1.807, 2.05) is 20.8 Å². The van der Waals surface area contributed by atoms with Gasteiger partial charge in [-0.05, 0) is 38.6 Å². The predicted octanol–water partition coefficient (Wildman–Crippen LogP) is 0.497. The molecule has 144 valence electrons. The Bertz CT molecular complexity index is 493. The molecular formula is C18H34N4O3. The fourth-order valence-corrected chi connectivity index (χ4v) is 3.14. The third kappa shape index (κ3) is 5.70. The van der Waals surface area contributed by atoms with Crippen molar-refractivity contribution in [3.8, 4) is 0 Å². The molecule has 1 fully saturated rings. The maximum Gasteiger partial charge on any atom is 0.245 e. The van der Waals surface area contributed by atoms with E-state index in [9.17, 15) is 14.4 Å². The lowest BCUT2D eigenvalue weighted by Gasteiger charge is -2.31. The highest BCUT2D eigenvalue weighted by molar-refractivity contribution is 5.93. The first-order chi connectivity index (χ1) is 11.6. The van der Waals surface area contributed by atoms with Crippen LogP contribution in [-0.2, 0) is 14.4 Å². The third-order valence-electron chi connectivity index (χ3n) is 4.69. The van der Waals surface area contributed by atoms with Gasteiger partial charge in [0, 0.05) is 13.1 Å². The van der Waals surface area contributed by atoms with E-state index in [0.29, 0.717) is 18.8 Å². The lowest BCUT2D eigenvalue weighted by atomic mass is 9.99. The van der Waals surface area contributed by atoms with Crippen molar-refractivity contribution in [3.05, 3.63) is 0 Å². The van der Waals surface area contributed by atoms with E-state index in [1.165, 1.54) is 4.90 Å². The smallest absolute Gasteiger partial charge is 0.245 e. The Morgan fingerprint density at radius 3 is 2.28 bits per heavy atom. The molecule has 3 N–H and O–H groups in total. The number of carbonyl (C=O) groups is 3. The zero-order valence-corrected chi connectivity index (χ0v) is 16.6. The van der Waals surface area contributed by atoms with Crippen LogP contribution in [0.4, 0.5) is 0 Å². The standard InChI is InChI=1S/C18H34N4O3/c1-10(2)8-13(19-6)16(23)21-15(11(3)4)18(25)22(7)14-9-12(5)20-17(14)24/h10-15,19H,8-9H2,1-7H3,(H,20,24)(H,21,23)/t12?,13-,14-,15-/m0/s1. The molecule has 25 heavy (non-hydrogen) atoms. The second kappa shape index (κ2) is 9.17. The Hall–Kier alpha value is -1.63. The first-order valence-corrected chi connectivity index (χ1v) is 9.13. The van der Waals surface area contributed by atoms with Crippen LogP contribution in [-0.4, -0.2) is 60.9 Å². The number of rotatable bonds is 8. The van der Waals surface area contributed by atoms with E-state index in [2.05, 4.69) is 29.8 Å². The van der Waals surface area contributed by atoms with Crippen LogP contribution < -0.4 is 16.0 Å². The minimum absolute atomic E-state index is 0.0551. The number of nitrogens with one attached hydrogen (secondary N) is 3. The molecule has 0 aromatic heterocycles. The van der Waals surface area contributed by atoms with E-state index in [4.69, 9.17) is 0 Å². The molecule has 1 heterocycles. The molecule has 0 radical (unpaired) electrons. The topological polar surface area (TPSA) is 90.5 Å². The van der Waals surface area contributed by atoms with E-state index >= 15 is 0 Å². The van der Waals surface area contributed by atoms with E-state index in [1.54, 1.807) is 14.1 Å². The fourth-order valence-electron chi connectivity index (χ4n) is 3.14. The van der Waals surface area contributed by atoms with Gasteiger partial charge in [0.25, 0.3) is 0 Å². The van der Waals surface area contributed by atoms with Gasteiger partial charge in [0.2, 0.25) is 17.7 Å². The zero-order chi connectivity index (χ0) is 19.3. The second-order valence-corrected chi connectivity index (χ2v) is 7.81. The van der Waals surface area contributed by atoms with Crippen LogP contribution in [0.25, 0.3) is 0 Å². The summed E-state index contributed by atoms with van der Waals surface area (Å²) in [6.07, 6.45) is 1.28. The molecule has 0 bridgehead atoms. The summed E-state index contributed by atoms with van der Waals surface area (Å²) in [6, 6.07) is -1.41. The lowest BCUT2D eigenvalue weighted by molar-refractivity contribution is -0.141. The average Bonchev–Trinajstić information content (AvgIpc) is 2.86. The minimum Gasteiger partial charge on any atom is -0.352 e. The van der Waals surface area contributed by atoms with Crippen molar-refractivity contribution in [2.24, 2.45) is 11.8 Å². The van der Waals surface area contributed by atoms with Crippen molar-refractivity contribution in [2.75, 3.05) is 14.1 Å². The SMILES string of the molecule is CN[C@@H](CC(C)C)C(=O)N[C@H](C(=O)N(C)[C@H]1CC(C)NC1=O)C(C)C. The lowest BCUT2D eigenvalue weighted by Crippen LogP contribution is -2.56. The van der Waals surface area contributed by atoms with Gasteiger partial charge in [-0.15, -0.1) is 0 Å². The van der Waals surface area contributed by atoms with E-state index in [0.717, 1.165) is 0 Å². The summed E-state index contributed by atoms with van der Waals surface area (Å²) in [4.78, 5) is 39.0. The number of carbonyl (C=O) groups excluding carboxylic acids is 3. The number of nitrogens with zero attached hydrogens (tertiary/aromatic N) is 1. The summed E-state index contributed by atoms with van der Waals surface area (Å²) in [6.45, 7) is 9.81. The summed E-state index contributed by atoms with van der Waals surface area (Å²) >= 11 is 0. The largest absolute Gasteiger partial charge is 0.352 e. The molecule has 7 nitrogen and oxygen atoms in total. The van der Waals surface area contributed by atoms with E-state index < -0.39 is 12.1 Å². The molecule has 0 aromatic carbocycles. The van der Waals surface area contributed by atoms with Gasteiger partial charge in [0.15, 0.2) is 0 Å².